The summed E-state index contributed by atoms with van der Waals surface area (Å²) in [6, 6.07) is 5.88. The molecule has 1 aromatic carbocycles. The molecule has 1 N–H and O–H groups in total. The molecule has 0 unspecified atom stereocenters. The van der Waals surface area contributed by atoms with Gasteiger partial charge in [0.25, 0.3) is 11.8 Å². The molecule has 1 fully saturated rings. The number of halogens is 2. The molecular weight excluding hydrogens is 390 g/mol. The third-order valence-electron chi connectivity index (χ3n) is 4.64. The van der Waals surface area contributed by atoms with E-state index in [1.807, 2.05) is 0 Å². The Morgan fingerprint density at radius 2 is 1.66 bits per heavy atom. The zero-order valence-electron chi connectivity index (χ0n) is 16.0. The molecule has 0 bridgehead atoms. The number of amides is 3. The van der Waals surface area contributed by atoms with E-state index in [0.29, 0.717) is 0 Å². The number of hydrogen-bond donors (Lipinski definition) is 1. The van der Waals surface area contributed by atoms with Gasteiger partial charge in [0, 0.05) is 5.92 Å². The number of hydrogen-bond acceptors (Lipinski definition) is 6. The van der Waals surface area contributed by atoms with Crippen molar-refractivity contribution < 1.29 is 37.5 Å². The van der Waals surface area contributed by atoms with E-state index in [1.165, 1.54) is 12.1 Å². The maximum Gasteiger partial charge on any atom is 0.408 e. The molecule has 3 amide bonds. The molecule has 29 heavy (non-hydrogen) atoms. The molecule has 156 valence electrons. The van der Waals surface area contributed by atoms with Crippen LogP contribution in [0.3, 0.4) is 0 Å². The quantitative estimate of drug-likeness (QED) is 0.766. The SMILES string of the molecule is CC(C)(C)OC(=O)NC1(C(=O)ON2C(=O)c3ccccc3C2=O)CC(C(F)F)C1. The summed E-state index contributed by atoms with van der Waals surface area (Å²) < 4.78 is 31.1. The molecule has 0 aromatic heterocycles. The van der Waals surface area contributed by atoms with Crippen LogP contribution in [-0.4, -0.2) is 46.5 Å². The van der Waals surface area contributed by atoms with Gasteiger partial charge in [-0.25, -0.2) is 18.4 Å². The van der Waals surface area contributed by atoms with Crippen molar-refractivity contribution in [2.45, 2.75) is 51.2 Å². The number of rotatable bonds is 4. The van der Waals surface area contributed by atoms with Crippen molar-refractivity contribution in [3.8, 4) is 0 Å². The fourth-order valence-electron chi connectivity index (χ4n) is 3.25. The summed E-state index contributed by atoms with van der Waals surface area (Å²) in [7, 11) is 0. The predicted octanol–water partition coefficient (Wildman–Crippen LogP) is 2.68. The average Bonchev–Trinajstić information content (AvgIpc) is 2.81. The van der Waals surface area contributed by atoms with E-state index in [-0.39, 0.29) is 16.2 Å². The summed E-state index contributed by atoms with van der Waals surface area (Å²) >= 11 is 0. The van der Waals surface area contributed by atoms with Crippen LogP contribution >= 0.6 is 0 Å². The van der Waals surface area contributed by atoms with E-state index in [1.54, 1.807) is 32.9 Å². The first-order chi connectivity index (χ1) is 13.4. The van der Waals surface area contributed by atoms with Crippen molar-refractivity contribution in [2.75, 3.05) is 0 Å². The number of alkyl carbamates (subject to hydrolysis) is 1. The largest absolute Gasteiger partial charge is 0.444 e. The molecule has 1 aromatic rings. The highest BCUT2D eigenvalue weighted by Gasteiger charge is 2.57. The van der Waals surface area contributed by atoms with Crippen LogP contribution in [0, 0.1) is 5.92 Å². The Labute approximate surface area is 165 Å². The second kappa shape index (κ2) is 7.09. The number of ether oxygens (including phenoxy) is 1. The van der Waals surface area contributed by atoms with Crippen LogP contribution in [0.4, 0.5) is 13.6 Å². The smallest absolute Gasteiger partial charge is 0.408 e. The number of carbonyl (C=O) groups is 4. The molecule has 3 rings (SSSR count). The summed E-state index contributed by atoms with van der Waals surface area (Å²) in [6.07, 6.45) is -4.52. The molecule has 1 heterocycles. The average molecular weight is 410 g/mol. The number of hydroxylamine groups is 2. The zero-order valence-corrected chi connectivity index (χ0v) is 16.0. The molecule has 0 spiro atoms. The minimum absolute atomic E-state index is 0.0542. The monoisotopic (exact) mass is 410 g/mol. The summed E-state index contributed by atoms with van der Waals surface area (Å²) in [5.41, 5.74) is -2.60. The number of benzene rings is 1. The Bertz CT molecular complexity index is 839. The third kappa shape index (κ3) is 3.92. The van der Waals surface area contributed by atoms with Gasteiger partial charge in [0.05, 0.1) is 11.1 Å². The lowest BCUT2D eigenvalue weighted by atomic mass is 9.68. The Morgan fingerprint density at radius 1 is 1.14 bits per heavy atom. The minimum Gasteiger partial charge on any atom is -0.444 e. The maximum atomic E-state index is 13.0. The van der Waals surface area contributed by atoms with Gasteiger partial charge in [0.1, 0.15) is 11.1 Å². The van der Waals surface area contributed by atoms with Gasteiger partial charge < -0.3 is 14.9 Å². The van der Waals surface area contributed by atoms with E-state index in [0.717, 1.165) is 0 Å². The van der Waals surface area contributed by atoms with Gasteiger partial charge in [-0.05, 0) is 45.7 Å². The fourth-order valence-corrected chi connectivity index (χ4v) is 3.25. The fraction of sp³-hybridized carbons (Fsp3) is 0.474. The molecular formula is C19H20F2N2O6. The van der Waals surface area contributed by atoms with Crippen LogP contribution < -0.4 is 5.32 Å². The number of imide groups is 1. The summed E-state index contributed by atoms with van der Waals surface area (Å²) in [4.78, 5) is 54.5. The number of nitrogens with one attached hydrogen (secondary N) is 1. The summed E-state index contributed by atoms with van der Waals surface area (Å²) in [6.45, 7) is 4.79. The Hall–Kier alpha value is -3.04. The van der Waals surface area contributed by atoms with Crippen molar-refractivity contribution in [1.82, 2.24) is 10.4 Å². The first-order valence-electron chi connectivity index (χ1n) is 8.93. The van der Waals surface area contributed by atoms with E-state index >= 15 is 0 Å². The van der Waals surface area contributed by atoms with Crippen molar-refractivity contribution in [2.24, 2.45) is 5.92 Å². The van der Waals surface area contributed by atoms with Crippen LogP contribution in [-0.2, 0) is 14.4 Å². The Morgan fingerprint density at radius 3 is 2.10 bits per heavy atom. The van der Waals surface area contributed by atoms with Gasteiger partial charge in [0.15, 0.2) is 0 Å². The number of nitrogens with zero attached hydrogens (tertiary/aromatic N) is 1. The van der Waals surface area contributed by atoms with Gasteiger partial charge in [-0.2, -0.15) is 0 Å². The predicted molar refractivity (Wildman–Crippen MR) is 93.9 cm³/mol. The molecule has 1 saturated carbocycles. The summed E-state index contributed by atoms with van der Waals surface area (Å²) in [5.74, 6) is -4.03. The molecule has 2 aliphatic rings. The van der Waals surface area contributed by atoms with Gasteiger partial charge in [0.2, 0.25) is 6.43 Å². The first kappa shape index (κ1) is 20.7. The Kier molecular flexibility index (Phi) is 5.06. The van der Waals surface area contributed by atoms with Crippen LogP contribution in [0.1, 0.15) is 54.3 Å². The second-order valence-corrected chi connectivity index (χ2v) is 8.04. The molecule has 1 aliphatic heterocycles. The standard InChI is InChI=1S/C19H20F2N2O6/c1-18(2,3)28-17(27)22-19(8-10(9-19)13(20)21)16(26)29-23-14(24)11-6-4-5-7-12(11)15(23)25/h4-7,10,13H,8-9H2,1-3H3,(H,22,27). The molecule has 1 aliphatic carbocycles. The van der Waals surface area contributed by atoms with E-state index in [4.69, 9.17) is 9.57 Å². The topological polar surface area (TPSA) is 102 Å². The first-order valence-corrected chi connectivity index (χ1v) is 8.93. The number of fused-ring (bicyclic) bond motifs is 1. The van der Waals surface area contributed by atoms with Crippen molar-refractivity contribution in [3.05, 3.63) is 35.4 Å². The molecule has 0 atom stereocenters. The second-order valence-electron chi connectivity index (χ2n) is 8.04. The highest BCUT2D eigenvalue weighted by atomic mass is 19.3. The van der Waals surface area contributed by atoms with Crippen LogP contribution in [0.2, 0.25) is 0 Å². The third-order valence-corrected chi connectivity index (χ3v) is 4.64. The van der Waals surface area contributed by atoms with Gasteiger partial charge in [-0.3, -0.25) is 9.59 Å². The molecule has 10 heteroatoms. The summed E-state index contributed by atoms with van der Waals surface area (Å²) in [5, 5.41) is 2.56. The van der Waals surface area contributed by atoms with Crippen LogP contribution in [0.25, 0.3) is 0 Å². The van der Waals surface area contributed by atoms with Gasteiger partial charge in [-0.1, -0.05) is 17.2 Å². The van der Waals surface area contributed by atoms with E-state index < -0.39 is 60.2 Å². The van der Waals surface area contributed by atoms with Crippen molar-refractivity contribution in [1.29, 1.82) is 0 Å². The van der Waals surface area contributed by atoms with Gasteiger partial charge >= 0.3 is 12.1 Å². The van der Waals surface area contributed by atoms with Crippen LogP contribution in [0.5, 0.6) is 0 Å². The van der Waals surface area contributed by atoms with Crippen molar-refractivity contribution in [3.63, 3.8) is 0 Å². The molecule has 8 nitrogen and oxygen atoms in total. The normalized spacial score (nSPS) is 23.5. The number of alkyl halides is 2. The molecule has 0 saturated heterocycles. The maximum absolute atomic E-state index is 13.0. The lowest BCUT2D eigenvalue weighted by Crippen LogP contribution is -2.65. The van der Waals surface area contributed by atoms with E-state index in [9.17, 15) is 28.0 Å². The van der Waals surface area contributed by atoms with Crippen LogP contribution in [0.15, 0.2) is 24.3 Å². The number of carbonyl (C=O) groups excluding carboxylic acids is 4. The Balaban J connectivity index is 1.77. The van der Waals surface area contributed by atoms with E-state index in [2.05, 4.69) is 5.32 Å². The minimum atomic E-state index is -2.70. The van der Waals surface area contributed by atoms with Crippen molar-refractivity contribution >= 4 is 23.9 Å². The highest BCUT2D eigenvalue weighted by Crippen LogP contribution is 2.43. The highest BCUT2D eigenvalue weighted by molar-refractivity contribution is 6.21. The molecule has 0 radical (unpaired) electrons. The lowest BCUT2D eigenvalue weighted by molar-refractivity contribution is -0.186. The lowest BCUT2D eigenvalue weighted by Gasteiger charge is -2.45. The van der Waals surface area contributed by atoms with Gasteiger partial charge in [-0.15, -0.1) is 0 Å². The zero-order chi connectivity index (χ0) is 21.6.